The van der Waals surface area contributed by atoms with Crippen LogP contribution in [-0.2, 0) is 21.1 Å². The first-order chi connectivity index (χ1) is 12.2. The second-order valence-corrected chi connectivity index (χ2v) is 8.96. The Kier molecular flexibility index (Phi) is 7.09. The fourth-order valence-electron chi connectivity index (χ4n) is 2.61. The molecule has 140 valence electrons. The average Bonchev–Trinajstić information content (AvgIpc) is 2.58. The third kappa shape index (κ3) is 5.73. The molecule has 0 aliphatic heterocycles. The minimum absolute atomic E-state index is 0.0879. The Labute approximate surface area is 164 Å². The number of aryl methyl sites for hydroxylation is 1. The van der Waals surface area contributed by atoms with Crippen LogP contribution in [0.4, 0.5) is 0 Å². The molecule has 1 N–H and O–H groups in total. The van der Waals surface area contributed by atoms with E-state index >= 15 is 0 Å². The van der Waals surface area contributed by atoms with Gasteiger partial charge in [-0.15, -0.1) is 0 Å². The number of sulfone groups is 1. The monoisotopic (exact) mass is 413 g/mol. The molecule has 0 heterocycles. The van der Waals surface area contributed by atoms with Gasteiger partial charge in [0, 0.05) is 22.7 Å². The highest BCUT2D eigenvalue weighted by Gasteiger charge is 2.15. The largest absolute Gasteiger partial charge is 0.349 e. The number of amides is 1. The number of carbonyl (C=O) groups is 1. The average molecular weight is 414 g/mol. The lowest BCUT2D eigenvalue weighted by Gasteiger charge is -2.18. The molecule has 0 fully saturated rings. The van der Waals surface area contributed by atoms with Gasteiger partial charge in [0.15, 0.2) is 9.84 Å². The van der Waals surface area contributed by atoms with Gasteiger partial charge in [-0.1, -0.05) is 48.3 Å². The molecular formula is C19H21Cl2NO3S. The molecule has 0 aliphatic rings. The molecular weight excluding hydrogens is 393 g/mol. The van der Waals surface area contributed by atoms with E-state index in [2.05, 4.69) is 5.32 Å². The van der Waals surface area contributed by atoms with Gasteiger partial charge in [-0.05, 0) is 48.2 Å². The van der Waals surface area contributed by atoms with Crippen molar-refractivity contribution >= 4 is 38.9 Å². The number of rotatable bonds is 7. The van der Waals surface area contributed by atoms with Crippen molar-refractivity contribution in [3.63, 3.8) is 0 Å². The summed E-state index contributed by atoms with van der Waals surface area (Å²) in [5.41, 5.74) is 1.74. The van der Waals surface area contributed by atoms with Crippen molar-refractivity contribution in [3.05, 3.63) is 63.6 Å². The van der Waals surface area contributed by atoms with Crippen molar-refractivity contribution in [1.29, 1.82) is 0 Å². The number of carbonyl (C=O) groups excluding carboxylic acids is 1. The minimum atomic E-state index is -3.23. The molecule has 0 spiro atoms. The summed E-state index contributed by atoms with van der Waals surface area (Å²) in [4.78, 5) is 12.6. The summed E-state index contributed by atoms with van der Waals surface area (Å²) in [7, 11) is -3.23. The molecule has 0 aliphatic carbocycles. The summed E-state index contributed by atoms with van der Waals surface area (Å²) in [5.74, 6) is -0.0879. The van der Waals surface area contributed by atoms with Gasteiger partial charge in [0.25, 0.3) is 0 Å². The maximum Gasteiger partial charge on any atom is 0.220 e. The maximum absolute atomic E-state index is 12.3. The molecule has 0 aromatic heterocycles. The van der Waals surface area contributed by atoms with Crippen molar-refractivity contribution in [2.75, 3.05) is 6.26 Å². The Balaban J connectivity index is 1.99. The Morgan fingerprint density at radius 2 is 1.77 bits per heavy atom. The number of halogens is 2. The lowest BCUT2D eigenvalue weighted by Crippen LogP contribution is -2.28. The van der Waals surface area contributed by atoms with Crippen LogP contribution >= 0.6 is 23.2 Å². The first-order valence-electron chi connectivity index (χ1n) is 8.24. The van der Waals surface area contributed by atoms with Crippen LogP contribution in [0, 0.1) is 0 Å². The Hall–Kier alpha value is -1.56. The Morgan fingerprint density at radius 3 is 2.31 bits per heavy atom. The van der Waals surface area contributed by atoms with Gasteiger partial charge >= 0.3 is 0 Å². The molecule has 0 saturated heterocycles. The highest BCUT2D eigenvalue weighted by atomic mass is 35.5. The molecule has 2 rings (SSSR count). The quantitative estimate of drug-likeness (QED) is 0.721. The fraction of sp³-hybridized carbons (Fsp3) is 0.316. The van der Waals surface area contributed by atoms with Crippen LogP contribution < -0.4 is 5.32 Å². The lowest BCUT2D eigenvalue weighted by atomic mass is 10.0. The van der Waals surface area contributed by atoms with Crippen LogP contribution in [0.5, 0.6) is 0 Å². The third-order valence-corrected chi connectivity index (χ3v) is 5.81. The van der Waals surface area contributed by atoms with Crippen molar-refractivity contribution in [1.82, 2.24) is 5.32 Å². The molecule has 7 heteroatoms. The highest BCUT2D eigenvalue weighted by molar-refractivity contribution is 7.90. The standard InChI is InChI=1S/C19H21Cl2NO3S/c1-3-18(14-5-9-16(10-6-14)26(2,24)25)22-19(23)11-7-13-4-8-15(20)12-17(13)21/h4-6,8-10,12,18H,3,7,11H2,1-2H3,(H,22,23). The molecule has 26 heavy (non-hydrogen) atoms. The maximum atomic E-state index is 12.3. The predicted molar refractivity (Wildman–Crippen MR) is 106 cm³/mol. The smallest absolute Gasteiger partial charge is 0.220 e. The number of nitrogens with one attached hydrogen (secondary N) is 1. The van der Waals surface area contributed by atoms with Crippen LogP contribution in [-0.4, -0.2) is 20.6 Å². The van der Waals surface area contributed by atoms with Crippen LogP contribution in [0.15, 0.2) is 47.4 Å². The van der Waals surface area contributed by atoms with Crippen LogP contribution in [0.3, 0.4) is 0 Å². The van der Waals surface area contributed by atoms with Crippen molar-refractivity contribution in [3.8, 4) is 0 Å². The number of hydrogen-bond donors (Lipinski definition) is 1. The molecule has 0 bridgehead atoms. The van der Waals surface area contributed by atoms with E-state index in [0.717, 1.165) is 11.1 Å². The van der Waals surface area contributed by atoms with Gasteiger partial charge in [-0.25, -0.2) is 8.42 Å². The van der Waals surface area contributed by atoms with Crippen molar-refractivity contribution in [2.24, 2.45) is 0 Å². The van der Waals surface area contributed by atoms with Gasteiger partial charge in [0.05, 0.1) is 10.9 Å². The third-order valence-electron chi connectivity index (χ3n) is 4.09. The molecule has 1 unspecified atom stereocenters. The van der Waals surface area contributed by atoms with E-state index in [4.69, 9.17) is 23.2 Å². The summed E-state index contributed by atoms with van der Waals surface area (Å²) in [6.07, 6.45) is 2.69. The zero-order valence-corrected chi connectivity index (χ0v) is 17.0. The fourth-order valence-corrected chi connectivity index (χ4v) is 3.74. The highest BCUT2D eigenvalue weighted by Crippen LogP contribution is 2.23. The molecule has 1 atom stereocenters. The molecule has 2 aromatic rings. The second kappa shape index (κ2) is 8.89. The van der Waals surface area contributed by atoms with E-state index in [1.165, 1.54) is 6.26 Å². The molecule has 1 amide bonds. The minimum Gasteiger partial charge on any atom is -0.349 e. The van der Waals surface area contributed by atoms with Crippen LogP contribution in [0.2, 0.25) is 10.0 Å². The second-order valence-electron chi connectivity index (χ2n) is 6.11. The zero-order chi connectivity index (χ0) is 19.3. The van der Waals surface area contributed by atoms with Crippen LogP contribution in [0.25, 0.3) is 0 Å². The van der Waals surface area contributed by atoms with Crippen molar-refractivity contribution in [2.45, 2.75) is 37.1 Å². The molecule has 4 nitrogen and oxygen atoms in total. The van der Waals surface area contributed by atoms with Crippen LogP contribution in [0.1, 0.15) is 36.9 Å². The van der Waals surface area contributed by atoms with E-state index in [1.54, 1.807) is 36.4 Å². The molecule has 2 aromatic carbocycles. The summed E-state index contributed by atoms with van der Waals surface area (Å²) in [5, 5.41) is 4.10. The topological polar surface area (TPSA) is 63.2 Å². The first-order valence-corrected chi connectivity index (χ1v) is 10.9. The first kappa shape index (κ1) is 20.7. The van der Waals surface area contributed by atoms with E-state index < -0.39 is 9.84 Å². The summed E-state index contributed by atoms with van der Waals surface area (Å²) in [6, 6.07) is 11.7. The van der Waals surface area contributed by atoms with Crippen molar-refractivity contribution < 1.29 is 13.2 Å². The molecule has 0 radical (unpaired) electrons. The van der Waals surface area contributed by atoms with Gasteiger partial charge in [-0.3, -0.25) is 4.79 Å². The lowest BCUT2D eigenvalue weighted by molar-refractivity contribution is -0.121. The van der Waals surface area contributed by atoms with E-state index in [-0.39, 0.29) is 16.8 Å². The van der Waals surface area contributed by atoms with Gasteiger partial charge in [-0.2, -0.15) is 0 Å². The van der Waals surface area contributed by atoms with E-state index in [0.29, 0.717) is 29.3 Å². The Morgan fingerprint density at radius 1 is 1.12 bits per heavy atom. The van der Waals surface area contributed by atoms with Gasteiger partial charge in [0.1, 0.15) is 0 Å². The summed E-state index contributed by atoms with van der Waals surface area (Å²) >= 11 is 12.0. The molecule has 0 saturated carbocycles. The summed E-state index contributed by atoms with van der Waals surface area (Å²) in [6.45, 7) is 1.96. The van der Waals surface area contributed by atoms with E-state index in [1.807, 2.05) is 13.0 Å². The van der Waals surface area contributed by atoms with Gasteiger partial charge in [0.2, 0.25) is 5.91 Å². The normalized spacial score (nSPS) is 12.6. The zero-order valence-electron chi connectivity index (χ0n) is 14.6. The SMILES string of the molecule is CCC(NC(=O)CCc1ccc(Cl)cc1Cl)c1ccc(S(C)(=O)=O)cc1. The Bertz CT molecular complexity index is 880. The number of hydrogen-bond acceptors (Lipinski definition) is 3. The summed E-state index contributed by atoms with van der Waals surface area (Å²) < 4.78 is 23.1. The van der Waals surface area contributed by atoms with Gasteiger partial charge < -0.3 is 5.32 Å². The number of benzene rings is 2. The van der Waals surface area contributed by atoms with E-state index in [9.17, 15) is 13.2 Å². The predicted octanol–water partition coefficient (Wildman–Crippen LogP) is 4.60.